The molecule has 0 radical (unpaired) electrons. The molecule has 0 bridgehead atoms. The number of nitrogens with two attached hydrogens (primary N) is 1. The summed E-state index contributed by atoms with van der Waals surface area (Å²) in [7, 11) is 0. The summed E-state index contributed by atoms with van der Waals surface area (Å²) in [6.45, 7) is 3.92. The summed E-state index contributed by atoms with van der Waals surface area (Å²) in [4.78, 5) is 8.36. The van der Waals surface area contributed by atoms with Crippen LogP contribution in [-0.4, -0.2) is 16.6 Å². The van der Waals surface area contributed by atoms with Gasteiger partial charge in [-0.15, -0.1) is 0 Å². The molecule has 3 N–H and O–H groups in total. The molecule has 1 aromatic heterocycles. The number of rotatable bonds is 6. The highest BCUT2D eigenvalue weighted by molar-refractivity contribution is 9.10. The number of nitrogens with zero attached hydrogens (tertiary/aromatic N) is 2. The Morgan fingerprint density at radius 3 is 2.70 bits per heavy atom. The third kappa shape index (κ3) is 4.18. The molecule has 0 aliphatic carbocycles. The fourth-order valence-electron chi connectivity index (χ4n) is 1.77. The van der Waals surface area contributed by atoms with Crippen molar-refractivity contribution in [3.63, 3.8) is 0 Å². The first-order valence-corrected chi connectivity index (χ1v) is 7.16. The maximum absolute atomic E-state index is 5.68. The van der Waals surface area contributed by atoms with E-state index in [2.05, 4.69) is 43.3 Å². The highest BCUT2D eigenvalue weighted by Gasteiger charge is 2.04. The number of aromatic nitrogens is 2. The molecule has 0 aliphatic rings. The average Bonchev–Trinajstić information content (AvgIpc) is 2.43. The van der Waals surface area contributed by atoms with Gasteiger partial charge in [0.25, 0.3) is 0 Å². The zero-order valence-electron chi connectivity index (χ0n) is 11.3. The van der Waals surface area contributed by atoms with E-state index in [-0.39, 0.29) is 0 Å². The van der Waals surface area contributed by atoms with Crippen LogP contribution < -0.4 is 11.1 Å². The molecule has 0 atom stereocenters. The Bertz CT molecular complexity index is 557. The Morgan fingerprint density at radius 2 is 2.00 bits per heavy atom. The Balaban J connectivity index is 2.06. The molecule has 0 saturated carbocycles. The Morgan fingerprint density at radius 1 is 1.25 bits per heavy atom. The van der Waals surface area contributed by atoms with Crippen molar-refractivity contribution in [2.24, 2.45) is 0 Å². The predicted octanol–water partition coefficient (Wildman–Crippen LogP) is 2.97. The minimum absolute atomic E-state index is 0.428. The third-order valence-corrected chi connectivity index (χ3v) is 3.14. The topological polar surface area (TPSA) is 73.1 Å². The lowest BCUT2D eigenvalue weighted by molar-refractivity contribution is 0.133. The van der Waals surface area contributed by atoms with E-state index in [1.807, 2.05) is 19.1 Å². The Kier molecular flexibility index (Phi) is 5.31. The largest absolute Gasteiger partial charge is 0.383 e. The molecule has 20 heavy (non-hydrogen) atoms. The number of benzene rings is 1. The van der Waals surface area contributed by atoms with Crippen molar-refractivity contribution in [3.8, 4) is 0 Å². The fraction of sp³-hybridized carbons (Fsp3) is 0.286. The molecule has 0 aliphatic heterocycles. The van der Waals surface area contributed by atoms with Gasteiger partial charge in [0.2, 0.25) is 5.95 Å². The van der Waals surface area contributed by atoms with E-state index in [0.29, 0.717) is 36.1 Å². The van der Waals surface area contributed by atoms with Crippen molar-refractivity contribution in [1.29, 1.82) is 0 Å². The summed E-state index contributed by atoms with van der Waals surface area (Å²) in [6, 6.07) is 9.79. The normalized spacial score (nSPS) is 10.5. The van der Waals surface area contributed by atoms with Gasteiger partial charge < -0.3 is 15.8 Å². The Hall–Kier alpha value is -1.66. The average molecular weight is 337 g/mol. The van der Waals surface area contributed by atoms with Crippen LogP contribution in [-0.2, 0) is 17.9 Å². The van der Waals surface area contributed by atoms with Crippen molar-refractivity contribution in [1.82, 2.24) is 9.97 Å². The van der Waals surface area contributed by atoms with Crippen molar-refractivity contribution in [2.45, 2.75) is 20.1 Å². The van der Waals surface area contributed by atoms with E-state index in [4.69, 9.17) is 10.5 Å². The smallest absolute Gasteiger partial charge is 0.225 e. The number of halogens is 1. The molecule has 5 nitrogen and oxygen atoms in total. The molecule has 1 heterocycles. The molecule has 0 unspecified atom stereocenters. The molecule has 0 fully saturated rings. The zero-order valence-corrected chi connectivity index (χ0v) is 12.9. The van der Waals surface area contributed by atoms with E-state index in [9.17, 15) is 0 Å². The van der Waals surface area contributed by atoms with Crippen molar-refractivity contribution in [2.75, 3.05) is 17.7 Å². The molecule has 6 heteroatoms. The SMILES string of the molecule is CCOCc1ccccc1CNc1nc(N)cc(Br)n1. The zero-order chi connectivity index (χ0) is 14.4. The number of anilines is 2. The van der Waals surface area contributed by atoms with Gasteiger partial charge in [0.05, 0.1) is 6.61 Å². The van der Waals surface area contributed by atoms with Gasteiger partial charge in [0.15, 0.2) is 0 Å². The minimum atomic E-state index is 0.428. The van der Waals surface area contributed by atoms with E-state index in [1.165, 1.54) is 0 Å². The lowest BCUT2D eigenvalue weighted by Gasteiger charge is -2.11. The third-order valence-electron chi connectivity index (χ3n) is 2.73. The summed E-state index contributed by atoms with van der Waals surface area (Å²) in [5, 5.41) is 3.17. The highest BCUT2D eigenvalue weighted by atomic mass is 79.9. The van der Waals surface area contributed by atoms with Crippen LogP contribution in [0.3, 0.4) is 0 Å². The molecule has 2 rings (SSSR count). The molecule has 0 spiro atoms. The molecule has 2 aromatic rings. The maximum Gasteiger partial charge on any atom is 0.225 e. The van der Waals surface area contributed by atoms with Crippen molar-refractivity contribution in [3.05, 3.63) is 46.1 Å². The van der Waals surface area contributed by atoms with Crippen LogP contribution in [0.4, 0.5) is 11.8 Å². The first-order chi connectivity index (χ1) is 9.69. The predicted molar refractivity (Wildman–Crippen MR) is 83.2 cm³/mol. The van der Waals surface area contributed by atoms with Crippen LogP contribution >= 0.6 is 15.9 Å². The van der Waals surface area contributed by atoms with Gasteiger partial charge >= 0.3 is 0 Å². The number of ether oxygens (including phenoxy) is 1. The summed E-state index contributed by atoms with van der Waals surface area (Å²) in [5.74, 6) is 0.931. The van der Waals surface area contributed by atoms with Crippen LogP contribution in [0.1, 0.15) is 18.1 Å². The lowest BCUT2D eigenvalue weighted by Crippen LogP contribution is -2.08. The summed E-state index contributed by atoms with van der Waals surface area (Å²) in [5.41, 5.74) is 8.00. The van der Waals surface area contributed by atoms with Gasteiger partial charge in [-0.2, -0.15) is 4.98 Å². The summed E-state index contributed by atoms with van der Waals surface area (Å²) in [6.07, 6.45) is 0. The van der Waals surface area contributed by atoms with Crippen LogP contribution in [0.2, 0.25) is 0 Å². The standard InChI is InChI=1S/C14H17BrN4O/c1-2-20-9-11-6-4-3-5-10(11)8-17-14-18-12(15)7-13(16)19-14/h3-7H,2,8-9H2,1H3,(H3,16,17,18,19). The van der Waals surface area contributed by atoms with Crippen LogP contribution in [0.25, 0.3) is 0 Å². The van der Waals surface area contributed by atoms with Gasteiger partial charge in [-0.05, 0) is 34.0 Å². The van der Waals surface area contributed by atoms with E-state index < -0.39 is 0 Å². The number of nitrogens with one attached hydrogen (secondary N) is 1. The van der Waals surface area contributed by atoms with Gasteiger partial charge in [-0.25, -0.2) is 4.98 Å². The Labute approximate surface area is 126 Å². The number of nitrogen functional groups attached to an aromatic ring is 1. The summed E-state index contributed by atoms with van der Waals surface area (Å²) >= 11 is 3.30. The van der Waals surface area contributed by atoms with E-state index >= 15 is 0 Å². The molecule has 0 saturated heterocycles. The first-order valence-electron chi connectivity index (χ1n) is 6.37. The molecule has 106 valence electrons. The minimum Gasteiger partial charge on any atom is -0.383 e. The van der Waals surface area contributed by atoms with Crippen LogP contribution in [0.5, 0.6) is 0 Å². The van der Waals surface area contributed by atoms with Gasteiger partial charge in [0.1, 0.15) is 10.4 Å². The quantitative estimate of drug-likeness (QED) is 0.793. The highest BCUT2D eigenvalue weighted by Crippen LogP contribution is 2.15. The summed E-state index contributed by atoms with van der Waals surface area (Å²) < 4.78 is 6.13. The van der Waals surface area contributed by atoms with Gasteiger partial charge in [-0.1, -0.05) is 24.3 Å². The van der Waals surface area contributed by atoms with E-state index in [0.717, 1.165) is 11.1 Å². The fourth-order valence-corrected chi connectivity index (χ4v) is 2.17. The lowest BCUT2D eigenvalue weighted by atomic mass is 10.1. The monoisotopic (exact) mass is 336 g/mol. The number of hydrogen-bond acceptors (Lipinski definition) is 5. The van der Waals surface area contributed by atoms with Crippen LogP contribution in [0, 0.1) is 0 Å². The molecular weight excluding hydrogens is 320 g/mol. The second kappa shape index (κ2) is 7.21. The van der Waals surface area contributed by atoms with Gasteiger partial charge in [-0.3, -0.25) is 0 Å². The molecule has 1 aromatic carbocycles. The molecular formula is C14H17BrN4O. The van der Waals surface area contributed by atoms with Crippen LogP contribution in [0.15, 0.2) is 34.9 Å². The second-order valence-corrected chi connectivity index (χ2v) is 5.01. The molecule has 0 amide bonds. The second-order valence-electron chi connectivity index (χ2n) is 4.20. The van der Waals surface area contributed by atoms with Crippen molar-refractivity contribution >= 4 is 27.7 Å². The first kappa shape index (κ1) is 14.7. The van der Waals surface area contributed by atoms with Gasteiger partial charge in [0, 0.05) is 19.2 Å². The van der Waals surface area contributed by atoms with Crippen molar-refractivity contribution < 1.29 is 4.74 Å². The maximum atomic E-state index is 5.68. The number of hydrogen-bond donors (Lipinski definition) is 2. The van der Waals surface area contributed by atoms with E-state index in [1.54, 1.807) is 6.07 Å².